The molecule has 7 heteroatoms. The largest absolute Gasteiger partial charge is 0.668 e. The molecule has 0 unspecified atom stereocenters. The van der Waals surface area contributed by atoms with Gasteiger partial charge < -0.3 is 19.2 Å². The van der Waals surface area contributed by atoms with Crippen molar-refractivity contribution in [3.8, 4) is 0 Å². The monoisotopic (exact) mass is 366 g/mol. The van der Waals surface area contributed by atoms with Gasteiger partial charge in [0.2, 0.25) is 0 Å². The van der Waals surface area contributed by atoms with E-state index >= 15 is 0 Å². The Morgan fingerprint density at radius 1 is 0.857 bits per heavy atom. The van der Waals surface area contributed by atoms with Crippen LogP contribution in [0, 0.1) is 0 Å². The SMILES string of the molecule is O[Si](O)(O)O.[Hf].[Zr]. The van der Waals surface area contributed by atoms with Gasteiger partial charge in [-0.2, -0.15) is 0 Å². The summed E-state index contributed by atoms with van der Waals surface area (Å²) in [4.78, 5) is 29.3. The normalized spacial score (nSPS) is 8.57. The van der Waals surface area contributed by atoms with Crippen LogP contribution in [0.25, 0.3) is 0 Å². The molecule has 0 atom stereocenters. The molecule has 0 aromatic carbocycles. The van der Waals surface area contributed by atoms with Gasteiger partial charge in [-0.1, -0.05) is 0 Å². The molecule has 0 rings (SSSR count). The molecule has 40 valence electrons. The van der Waals surface area contributed by atoms with Crippen molar-refractivity contribution in [2.75, 3.05) is 0 Å². The molecule has 7 heavy (non-hydrogen) atoms. The summed E-state index contributed by atoms with van der Waals surface area (Å²) in [6, 6.07) is 0. The molecule has 0 aromatic rings. The fourth-order valence-corrected chi connectivity index (χ4v) is 0. The van der Waals surface area contributed by atoms with Crippen molar-refractivity contribution in [1.29, 1.82) is 0 Å². The van der Waals surface area contributed by atoms with Gasteiger partial charge in [0.15, 0.2) is 0 Å². The molecule has 0 bridgehead atoms. The molecule has 0 radical (unpaired) electrons. The maximum absolute atomic E-state index is 7.33. The van der Waals surface area contributed by atoms with Crippen molar-refractivity contribution in [3.05, 3.63) is 0 Å². The van der Waals surface area contributed by atoms with E-state index in [2.05, 4.69) is 0 Å². The Morgan fingerprint density at radius 2 is 0.857 bits per heavy atom. The molecule has 0 aliphatic heterocycles. The molecule has 0 fully saturated rings. The Kier molecular flexibility index (Phi) is 13.5. The zero-order chi connectivity index (χ0) is 4.50. The summed E-state index contributed by atoms with van der Waals surface area (Å²) in [5, 5.41) is 0. The molecule has 4 N–H and O–H groups in total. The molecule has 0 aliphatic rings. The molecule has 0 heterocycles. The summed E-state index contributed by atoms with van der Waals surface area (Å²) in [6.07, 6.45) is 0. The third kappa shape index (κ3) is 80.5. The average molecular weight is 366 g/mol. The van der Waals surface area contributed by atoms with E-state index in [4.69, 9.17) is 19.2 Å². The Labute approximate surface area is 79.6 Å². The Bertz CT molecular complexity index is 27.2. The first-order valence-corrected chi connectivity index (χ1v) is 2.68. The van der Waals surface area contributed by atoms with Crippen molar-refractivity contribution in [3.63, 3.8) is 0 Å². The van der Waals surface area contributed by atoms with E-state index in [1.54, 1.807) is 0 Å². The van der Waals surface area contributed by atoms with Crippen LogP contribution >= 0.6 is 0 Å². The molecule has 0 aromatic heterocycles. The van der Waals surface area contributed by atoms with Crippen molar-refractivity contribution in [1.82, 2.24) is 0 Å². The van der Waals surface area contributed by atoms with Gasteiger partial charge in [-0.25, -0.2) is 0 Å². The second-order valence-electron chi connectivity index (χ2n) is 0.600. The van der Waals surface area contributed by atoms with Gasteiger partial charge in [0, 0.05) is 52.0 Å². The second-order valence-corrected chi connectivity index (χ2v) is 1.80. The minimum Gasteiger partial charge on any atom is -0.368 e. The Balaban J connectivity index is -0.0000000800. The summed E-state index contributed by atoms with van der Waals surface area (Å²) in [5.41, 5.74) is 0. The maximum atomic E-state index is 7.33. The van der Waals surface area contributed by atoms with Crippen LogP contribution in [0.5, 0.6) is 0 Å². The van der Waals surface area contributed by atoms with Crippen molar-refractivity contribution in [2.24, 2.45) is 0 Å². The third-order valence-corrected chi connectivity index (χ3v) is 0. The van der Waals surface area contributed by atoms with Crippen molar-refractivity contribution >= 4 is 9.05 Å². The van der Waals surface area contributed by atoms with E-state index in [0.29, 0.717) is 0 Å². The fourth-order valence-electron chi connectivity index (χ4n) is 0. The van der Waals surface area contributed by atoms with Crippen LogP contribution in [0.2, 0.25) is 0 Å². The molecular weight excluding hydrogens is 362 g/mol. The third-order valence-electron chi connectivity index (χ3n) is 0. The summed E-state index contributed by atoms with van der Waals surface area (Å²) in [5.74, 6) is 0. The smallest absolute Gasteiger partial charge is 0.368 e. The number of rotatable bonds is 0. The van der Waals surface area contributed by atoms with Crippen LogP contribution in [-0.2, 0) is 52.0 Å². The topological polar surface area (TPSA) is 80.9 Å². The zero-order valence-corrected chi connectivity index (χ0v) is 10.3. The van der Waals surface area contributed by atoms with Crippen molar-refractivity contribution < 1.29 is 71.2 Å². The van der Waals surface area contributed by atoms with Crippen LogP contribution < -0.4 is 0 Å². The molecule has 0 amide bonds. The average Bonchev–Trinajstić information content (AvgIpc) is 0.722. The summed E-state index contributed by atoms with van der Waals surface area (Å²) in [6.45, 7) is 0. The van der Waals surface area contributed by atoms with Gasteiger partial charge in [-0.3, -0.25) is 0 Å². The number of hydrogen-bond acceptors (Lipinski definition) is 4. The van der Waals surface area contributed by atoms with E-state index in [0.717, 1.165) is 0 Å². The van der Waals surface area contributed by atoms with E-state index in [-0.39, 0.29) is 52.0 Å². The molecule has 0 saturated carbocycles. The van der Waals surface area contributed by atoms with Gasteiger partial charge in [0.25, 0.3) is 0 Å². The predicted octanol–water partition coefficient (Wildman–Crippen LogP) is -2.61. The maximum Gasteiger partial charge on any atom is 0.668 e. The number of hydrogen-bond donors (Lipinski definition) is 4. The van der Waals surface area contributed by atoms with E-state index in [1.165, 1.54) is 0 Å². The van der Waals surface area contributed by atoms with Crippen LogP contribution in [0.4, 0.5) is 0 Å². The van der Waals surface area contributed by atoms with E-state index in [9.17, 15) is 0 Å². The predicted molar refractivity (Wildman–Crippen MR) is 14.6 cm³/mol. The summed E-state index contributed by atoms with van der Waals surface area (Å²) >= 11 is 0. The Hall–Kier alpha value is 1.81. The zero-order valence-electron chi connectivity index (χ0n) is 3.29. The van der Waals surface area contributed by atoms with E-state index in [1.807, 2.05) is 0 Å². The van der Waals surface area contributed by atoms with Crippen LogP contribution in [0.15, 0.2) is 0 Å². The molecular formula is H4HfO4SiZr. The second kappa shape index (κ2) is 5.94. The van der Waals surface area contributed by atoms with Gasteiger partial charge in [-0.15, -0.1) is 0 Å². The quantitative estimate of drug-likeness (QED) is 0.355. The van der Waals surface area contributed by atoms with Crippen LogP contribution in [-0.4, -0.2) is 28.2 Å². The fraction of sp³-hybridized carbons (Fsp3) is 0. The summed E-state index contributed by atoms with van der Waals surface area (Å²) in [7, 11) is -4.61. The first kappa shape index (κ1) is 15.9. The minimum atomic E-state index is -4.61. The summed E-state index contributed by atoms with van der Waals surface area (Å²) < 4.78 is 0. The molecule has 0 aliphatic carbocycles. The molecule has 0 spiro atoms. The van der Waals surface area contributed by atoms with Crippen molar-refractivity contribution in [2.45, 2.75) is 0 Å². The van der Waals surface area contributed by atoms with Crippen LogP contribution in [0.1, 0.15) is 0 Å². The first-order valence-electron chi connectivity index (χ1n) is 0.894. The van der Waals surface area contributed by atoms with Crippen LogP contribution in [0.3, 0.4) is 0 Å². The van der Waals surface area contributed by atoms with Gasteiger partial charge in [0.05, 0.1) is 0 Å². The standard InChI is InChI=1S/Hf.H4O4Si.Zr/c;1-5(2,3)4;/h;1-4H;. The molecule has 0 saturated heterocycles. The van der Waals surface area contributed by atoms with Gasteiger partial charge >= 0.3 is 9.05 Å². The van der Waals surface area contributed by atoms with Gasteiger partial charge in [-0.05, 0) is 0 Å². The van der Waals surface area contributed by atoms with E-state index < -0.39 is 9.05 Å². The molecule has 4 nitrogen and oxygen atoms in total. The minimum absolute atomic E-state index is 0. The first-order chi connectivity index (χ1) is 2.00. The van der Waals surface area contributed by atoms with Gasteiger partial charge in [0.1, 0.15) is 0 Å². The Morgan fingerprint density at radius 3 is 0.857 bits per heavy atom.